The number of ether oxygens (including phenoxy) is 1. The third-order valence-electron chi connectivity index (χ3n) is 2.99. The van der Waals surface area contributed by atoms with E-state index in [1.165, 1.54) is 24.7 Å². The van der Waals surface area contributed by atoms with Crippen molar-refractivity contribution >= 4 is 17.7 Å². The first-order valence-corrected chi connectivity index (χ1v) is 7.02. The van der Waals surface area contributed by atoms with Crippen LogP contribution in [0.2, 0.25) is 0 Å². The van der Waals surface area contributed by atoms with Crippen molar-refractivity contribution in [3.63, 3.8) is 0 Å². The molecule has 0 heterocycles. The van der Waals surface area contributed by atoms with Crippen molar-refractivity contribution in [3.05, 3.63) is 30.3 Å². The lowest BCUT2D eigenvalue weighted by molar-refractivity contribution is -0.147. The van der Waals surface area contributed by atoms with Crippen LogP contribution in [0.3, 0.4) is 0 Å². The van der Waals surface area contributed by atoms with Gasteiger partial charge in [0.2, 0.25) is 0 Å². The Balaban J connectivity index is 1.99. The highest BCUT2D eigenvalue weighted by molar-refractivity contribution is 8.00. The van der Waals surface area contributed by atoms with Gasteiger partial charge in [-0.15, -0.1) is 11.8 Å². The molecule has 0 radical (unpaired) electrons. The lowest BCUT2D eigenvalue weighted by Gasteiger charge is -2.30. The van der Waals surface area contributed by atoms with Crippen LogP contribution in [0.1, 0.15) is 32.6 Å². The standard InChI is InChI=1S/C14H18O2S/c1-11(15)16-13-9-5-6-10-14(13)17-12-7-3-2-4-8-12/h2-4,7-8,13-14H,5-6,9-10H2,1H3/t13-,14-/m1/s1. The van der Waals surface area contributed by atoms with Crippen LogP contribution in [-0.4, -0.2) is 17.3 Å². The molecular weight excluding hydrogens is 232 g/mol. The maximum atomic E-state index is 11.1. The van der Waals surface area contributed by atoms with E-state index in [4.69, 9.17) is 4.74 Å². The Bertz CT molecular complexity index is 364. The SMILES string of the molecule is CC(=O)O[C@@H]1CCCC[C@H]1Sc1ccccc1. The summed E-state index contributed by atoms with van der Waals surface area (Å²) >= 11 is 1.84. The second-order valence-corrected chi connectivity index (χ2v) is 5.71. The van der Waals surface area contributed by atoms with E-state index in [-0.39, 0.29) is 12.1 Å². The predicted octanol–water partition coefficient (Wildman–Crippen LogP) is 3.65. The number of esters is 1. The van der Waals surface area contributed by atoms with Crippen LogP contribution in [0.5, 0.6) is 0 Å². The Hall–Kier alpha value is -0.960. The first-order valence-electron chi connectivity index (χ1n) is 6.14. The van der Waals surface area contributed by atoms with E-state index in [1.54, 1.807) is 0 Å². The van der Waals surface area contributed by atoms with Crippen molar-refractivity contribution in [1.82, 2.24) is 0 Å². The number of benzene rings is 1. The highest BCUT2D eigenvalue weighted by Crippen LogP contribution is 2.35. The molecule has 2 nitrogen and oxygen atoms in total. The largest absolute Gasteiger partial charge is 0.461 e. The Morgan fingerprint density at radius 3 is 2.65 bits per heavy atom. The van der Waals surface area contributed by atoms with Crippen molar-refractivity contribution in [2.75, 3.05) is 0 Å². The first-order chi connectivity index (χ1) is 8.25. The Kier molecular flexibility index (Phi) is 4.49. The van der Waals surface area contributed by atoms with Gasteiger partial charge in [-0.3, -0.25) is 4.79 Å². The quantitative estimate of drug-likeness (QED) is 0.766. The minimum atomic E-state index is -0.157. The van der Waals surface area contributed by atoms with E-state index in [2.05, 4.69) is 12.1 Å². The van der Waals surface area contributed by atoms with Gasteiger partial charge in [0.25, 0.3) is 0 Å². The predicted molar refractivity (Wildman–Crippen MR) is 70.1 cm³/mol. The zero-order valence-electron chi connectivity index (χ0n) is 10.1. The number of hydrogen-bond donors (Lipinski definition) is 0. The normalized spacial score (nSPS) is 24.3. The van der Waals surface area contributed by atoms with Crippen molar-refractivity contribution in [3.8, 4) is 0 Å². The summed E-state index contributed by atoms with van der Waals surface area (Å²) in [5.74, 6) is -0.157. The van der Waals surface area contributed by atoms with Crippen LogP contribution in [0.15, 0.2) is 35.2 Å². The fourth-order valence-electron chi connectivity index (χ4n) is 2.22. The summed E-state index contributed by atoms with van der Waals surface area (Å²) in [6.07, 6.45) is 4.64. The smallest absolute Gasteiger partial charge is 0.302 e. The van der Waals surface area contributed by atoms with Crippen molar-refractivity contribution < 1.29 is 9.53 Å². The molecule has 0 N–H and O–H groups in total. The van der Waals surface area contributed by atoms with Crippen LogP contribution >= 0.6 is 11.8 Å². The van der Waals surface area contributed by atoms with Gasteiger partial charge >= 0.3 is 5.97 Å². The molecule has 0 aromatic heterocycles. The van der Waals surface area contributed by atoms with Gasteiger partial charge in [-0.25, -0.2) is 0 Å². The fourth-order valence-corrected chi connectivity index (χ4v) is 3.51. The fraction of sp³-hybridized carbons (Fsp3) is 0.500. The van der Waals surface area contributed by atoms with Crippen LogP contribution in [0.4, 0.5) is 0 Å². The van der Waals surface area contributed by atoms with Crippen LogP contribution < -0.4 is 0 Å². The monoisotopic (exact) mass is 250 g/mol. The maximum Gasteiger partial charge on any atom is 0.302 e. The third-order valence-corrected chi connectivity index (χ3v) is 4.38. The van der Waals surface area contributed by atoms with E-state index in [9.17, 15) is 4.79 Å². The zero-order chi connectivity index (χ0) is 12.1. The molecule has 2 atom stereocenters. The van der Waals surface area contributed by atoms with E-state index in [1.807, 2.05) is 30.0 Å². The second-order valence-electron chi connectivity index (χ2n) is 4.40. The van der Waals surface area contributed by atoms with E-state index in [0.717, 1.165) is 12.8 Å². The summed E-state index contributed by atoms with van der Waals surface area (Å²) in [6, 6.07) is 10.3. The zero-order valence-corrected chi connectivity index (χ0v) is 10.9. The number of carbonyl (C=O) groups excluding carboxylic acids is 1. The summed E-state index contributed by atoms with van der Waals surface area (Å²) in [6.45, 7) is 1.50. The molecule has 92 valence electrons. The molecule has 0 amide bonds. The van der Waals surface area contributed by atoms with E-state index < -0.39 is 0 Å². The molecule has 0 bridgehead atoms. The molecule has 1 aliphatic carbocycles. The highest BCUT2D eigenvalue weighted by atomic mass is 32.2. The maximum absolute atomic E-state index is 11.1. The topological polar surface area (TPSA) is 26.3 Å². The van der Waals surface area contributed by atoms with Crippen molar-refractivity contribution in [2.24, 2.45) is 0 Å². The summed E-state index contributed by atoms with van der Waals surface area (Å²) in [5, 5.41) is 0.412. The summed E-state index contributed by atoms with van der Waals surface area (Å²) in [7, 11) is 0. The molecule has 0 aliphatic heterocycles. The van der Waals surface area contributed by atoms with Gasteiger partial charge in [0, 0.05) is 17.1 Å². The average Bonchev–Trinajstić information content (AvgIpc) is 2.32. The first kappa shape index (κ1) is 12.5. The summed E-state index contributed by atoms with van der Waals surface area (Å²) in [5.41, 5.74) is 0. The third kappa shape index (κ3) is 3.77. The molecule has 17 heavy (non-hydrogen) atoms. The van der Waals surface area contributed by atoms with Gasteiger partial charge in [0.15, 0.2) is 0 Å². The Labute approximate surface area is 107 Å². The number of hydrogen-bond acceptors (Lipinski definition) is 3. The molecule has 2 rings (SSSR count). The minimum Gasteiger partial charge on any atom is -0.461 e. The van der Waals surface area contributed by atoms with Crippen LogP contribution in [-0.2, 0) is 9.53 Å². The van der Waals surface area contributed by atoms with Crippen LogP contribution in [0.25, 0.3) is 0 Å². The molecule has 1 saturated carbocycles. The number of carbonyl (C=O) groups is 1. The second kappa shape index (κ2) is 6.10. The molecule has 0 spiro atoms. The van der Waals surface area contributed by atoms with Gasteiger partial charge < -0.3 is 4.74 Å². The highest BCUT2D eigenvalue weighted by Gasteiger charge is 2.28. The molecule has 0 unspecified atom stereocenters. The molecule has 1 aromatic carbocycles. The summed E-state index contributed by atoms with van der Waals surface area (Å²) in [4.78, 5) is 12.3. The molecule has 1 fully saturated rings. The Morgan fingerprint density at radius 2 is 1.94 bits per heavy atom. The van der Waals surface area contributed by atoms with Gasteiger partial charge in [-0.1, -0.05) is 24.6 Å². The van der Waals surface area contributed by atoms with Gasteiger partial charge in [-0.05, 0) is 31.4 Å². The van der Waals surface area contributed by atoms with E-state index >= 15 is 0 Å². The van der Waals surface area contributed by atoms with E-state index in [0.29, 0.717) is 5.25 Å². The van der Waals surface area contributed by atoms with Crippen LogP contribution in [0, 0.1) is 0 Å². The average molecular weight is 250 g/mol. The molecule has 0 saturated heterocycles. The minimum absolute atomic E-state index is 0.0893. The number of thioether (sulfide) groups is 1. The lowest BCUT2D eigenvalue weighted by atomic mass is 9.97. The molecule has 3 heteroatoms. The van der Waals surface area contributed by atoms with Gasteiger partial charge in [0.1, 0.15) is 6.10 Å². The van der Waals surface area contributed by atoms with Crippen molar-refractivity contribution in [2.45, 2.75) is 48.9 Å². The lowest BCUT2D eigenvalue weighted by Crippen LogP contribution is -2.31. The van der Waals surface area contributed by atoms with Gasteiger partial charge in [-0.2, -0.15) is 0 Å². The summed E-state index contributed by atoms with van der Waals surface area (Å²) < 4.78 is 5.42. The molecular formula is C14H18O2S. The molecule has 1 aromatic rings. The van der Waals surface area contributed by atoms with Gasteiger partial charge in [0.05, 0.1) is 0 Å². The Morgan fingerprint density at radius 1 is 1.24 bits per heavy atom. The molecule has 1 aliphatic rings. The van der Waals surface area contributed by atoms with Crippen molar-refractivity contribution in [1.29, 1.82) is 0 Å². The number of rotatable bonds is 3.